The Morgan fingerprint density at radius 3 is 1.03 bits per heavy atom. The first-order valence-corrected chi connectivity index (χ1v) is 26.0. The number of aryl methyl sites for hydroxylation is 3. The monoisotopic (exact) mass is 1080 g/mol. The van der Waals surface area contributed by atoms with E-state index in [2.05, 4.69) is 72.4 Å². The molecule has 0 aliphatic heterocycles. The van der Waals surface area contributed by atoms with Crippen LogP contribution >= 0.6 is 0 Å². The van der Waals surface area contributed by atoms with Gasteiger partial charge in [-0.05, 0) is 86.0 Å². The molecule has 3 unspecified atom stereocenters. The third-order valence-electron chi connectivity index (χ3n) is 13.8. The summed E-state index contributed by atoms with van der Waals surface area (Å²) >= 11 is 0. The van der Waals surface area contributed by atoms with Crippen molar-refractivity contribution in [1.82, 2.24) is 29.9 Å². The van der Waals surface area contributed by atoms with E-state index in [1.165, 1.54) is 5.56 Å². The third kappa shape index (κ3) is 13.0. The summed E-state index contributed by atoms with van der Waals surface area (Å²) in [5, 5.41) is 0. The predicted molar refractivity (Wildman–Crippen MR) is 309 cm³/mol. The number of H-pyrrole nitrogens is 4. The number of rotatable bonds is 15. The van der Waals surface area contributed by atoms with Gasteiger partial charge in [-0.1, -0.05) is 216 Å². The van der Waals surface area contributed by atoms with Crippen molar-refractivity contribution in [2.45, 2.75) is 38.5 Å². The van der Waals surface area contributed by atoms with Crippen LogP contribution in [0.3, 0.4) is 0 Å². The molecule has 4 N–H and O–H groups in total. The average molecular weight is 1080 g/mol. The fourth-order valence-electron chi connectivity index (χ4n) is 9.66. The molecule has 9 nitrogen and oxygen atoms in total. The van der Waals surface area contributed by atoms with Gasteiger partial charge in [0.15, 0.2) is 11.6 Å². The van der Waals surface area contributed by atoms with Crippen LogP contribution in [0.15, 0.2) is 255 Å². The van der Waals surface area contributed by atoms with Crippen molar-refractivity contribution in [2.24, 2.45) is 0 Å². The van der Waals surface area contributed by atoms with Crippen LogP contribution in [0.5, 0.6) is 0 Å². The summed E-state index contributed by atoms with van der Waals surface area (Å²) < 4.78 is 0. The van der Waals surface area contributed by atoms with Crippen molar-refractivity contribution in [3.8, 4) is 0 Å². The van der Waals surface area contributed by atoms with Crippen molar-refractivity contribution in [1.29, 1.82) is 0 Å². The molecule has 0 fully saturated rings. The van der Waals surface area contributed by atoms with E-state index in [1.54, 1.807) is 0 Å². The molecule has 0 saturated carbocycles. The molecule has 0 saturated heterocycles. The molecular weight excluding hydrogens is 1020 g/mol. The first-order valence-electron chi connectivity index (χ1n) is 26.0. The molecule has 0 aliphatic carbocycles. The van der Waals surface area contributed by atoms with E-state index in [9.17, 15) is 14.4 Å². The van der Waals surface area contributed by atoms with E-state index in [4.69, 9.17) is 0 Å². The van der Waals surface area contributed by atoms with Gasteiger partial charge in [0.2, 0.25) is 5.78 Å². The number of nitrogens with zero attached hydrogens (tertiary/aromatic N) is 2. The molecule has 6 aromatic heterocycles. The third-order valence-corrected chi connectivity index (χ3v) is 13.8. The van der Waals surface area contributed by atoms with E-state index in [0.29, 0.717) is 33.8 Å². The van der Waals surface area contributed by atoms with Gasteiger partial charge in [-0.25, -0.2) is 0 Å². The summed E-state index contributed by atoms with van der Waals surface area (Å²) in [5.41, 5.74) is 16.4. The zero-order valence-electron chi connectivity index (χ0n) is 43.9. The van der Waals surface area contributed by atoms with Gasteiger partial charge >= 0.3 is 17.1 Å². The Morgan fingerprint density at radius 1 is 0.329 bits per heavy atom. The van der Waals surface area contributed by atoms with Crippen molar-refractivity contribution >= 4 is 17.3 Å². The number of hydrogen-bond donors (Lipinski definition) is 4. The number of carbonyl (C=O) groups excluding carboxylic acids is 3. The molecule has 3 atom stereocenters. The minimum Gasteiger partial charge on any atom is -0.657 e. The predicted octanol–water partition coefficient (Wildman–Crippen LogP) is 14.4. The van der Waals surface area contributed by atoms with E-state index in [-0.39, 0.29) is 52.2 Å². The summed E-state index contributed by atoms with van der Waals surface area (Å²) in [6.45, 7) is 6.03. The molecular formula is C69H58CuN6O3. The molecule has 1 radical (unpaired) electrons. The first kappa shape index (κ1) is 54.3. The quantitative estimate of drug-likeness (QED) is 0.0597. The number of aromatic nitrogens is 6. The van der Waals surface area contributed by atoms with E-state index >= 15 is 0 Å². The second-order valence-corrected chi connectivity index (χ2v) is 19.3. The Kier molecular flexibility index (Phi) is 17.6. The zero-order chi connectivity index (χ0) is 53.8. The Labute approximate surface area is 471 Å². The standard InChI is InChI=1S/3C23H20N2O.Cu/c3*1-16-9-11-18(12-10-16)23(26)21-14-13-20(25-21)22(19-8-5-15-24-19)17-6-3-2-4-7-17;/h2*2-15,22,24H,1H3,(H,25,26);2-15,22,24-25H,1H3;/q;;;+2/p-2. The van der Waals surface area contributed by atoms with E-state index < -0.39 is 0 Å². The van der Waals surface area contributed by atoms with Crippen LogP contribution in [0.4, 0.5) is 0 Å². The van der Waals surface area contributed by atoms with Crippen LogP contribution in [0.25, 0.3) is 0 Å². The summed E-state index contributed by atoms with van der Waals surface area (Å²) in [5.74, 6) is -0.0963. The number of hydrogen-bond acceptors (Lipinski definition) is 3. The van der Waals surface area contributed by atoms with Crippen LogP contribution in [0.1, 0.15) is 133 Å². The number of ketones is 3. The fraction of sp³-hybridized carbons (Fsp3) is 0.0870. The van der Waals surface area contributed by atoms with Gasteiger partial charge in [0, 0.05) is 69.9 Å². The Hall–Kier alpha value is -9.47. The van der Waals surface area contributed by atoms with Crippen LogP contribution in [-0.4, -0.2) is 37.3 Å². The van der Waals surface area contributed by atoms with Gasteiger partial charge in [-0.15, -0.1) is 11.4 Å². The van der Waals surface area contributed by atoms with Crippen molar-refractivity contribution < 1.29 is 31.5 Å². The molecule has 10 heteroatoms. The smallest absolute Gasteiger partial charge is 0.657 e. The topological polar surface area (TPSA) is 143 Å². The molecule has 0 amide bonds. The fourth-order valence-corrected chi connectivity index (χ4v) is 9.66. The normalized spacial score (nSPS) is 11.9. The molecule has 79 heavy (non-hydrogen) atoms. The van der Waals surface area contributed by atoms with Gasteiger partial charge in [0.25, 0.3) is 0 Å². The molecule has 393 valence electrons. The molecule has 0 aliphatic rings. The molecule has 12 aromatic rings. The van der Waals surface area contributed by atoms with Gasteiger partial charge in [-0.2, -0.15) is 0 Å². The average Bonchev–Trinajstić information content (AvgIpc) is 4.42. The van der Waals surface area contributed by atoms with Crippen LogP contribution < -0.4 is 9.97 Å². The van der Waals surface area contributed by atoms with Crippen LogP contribution in [0.2, 0.25) is 0 Å². The van der Waals surface area contributed by atoms with Gasteiger partial charge in [0.1, 0.15) is 0 Å². The largest absolute Gasteiger partial charge is 2.00 e. The zero-order valence-corrected chi connectivity index (χ0v) is 44.8. The number of nitrogens with one attached hydrogen (secondary N) is 4. The first-order chi connectivity index (χ1) is 38.2. The maximum absolute atomic E-state index is 12.8. The molecule has 0 spiro atoms. The summed E-state index contributed by atoms with van der Waals surface area (Å²) in [6, 6.07) is 77.1. The Morgan fingerprint density at radius 2 is 0.671 bits per heavy atom. The minimum atomic E-state index is -0.0467. The summed E-state index contributed by atoms with van der Waals surface area (Å²) in [7, 11) is 0. The Bertz CT molecular complexity index is 3400. The number of benzene rings is 6. The minimum absolute atomic E-state index is 0. The second kappa shape index (κ2) is 25.6. The maximum atomic E-state index is 12.8. The molecule has 6 heterocycles. The second-order valence-electron chi connectivity index (χ2n) is 19.3. The summed E-state index contributed by atoms with van der Waals surface area (Å²) in [6.07, 6.45) is 5.74. The van der Waals surface area contributed by atoms with Gasteiger partial charge in [0.05, 0.1) is 11.6 Å². The van der Waals surface area contributed by atoms with Crippen molar-refractivity contribution in [2.75, 3.05) is 0 Å². The molecule has 12 rings (SSSR count). The number of carbonyl (C=O) groups is 3. The van der Waals surface area contributed by atoms with Crippen molar-refractivity contribution in [3.05, 3.63) is 356 Å². The molecule has 0 bridgehead atoms. The molecule has 6 aromatic carbocycles. The van der Waals surface area contributed by atoms with E-state index in [0.717, 1.165) is 62.0 Å². The maximum Gasteiger partial charge on any atom is 2.00 e. The van der Waals surface area contributed by atoms with Crippen LogP contribution in [-0.2, 0) is 17.1 Å². The van der Waals surface area contributed by atoms with Crippen molar-refractivity contribution in [3.63, 3.8) is 0 Å². The van der Waals surface area contributed by atoms with E-state index in [1.807, 2.05) is 233 Å². The van der Waals surface area contributed by atoms with Gasteiger partial charge in [-0.3, -0.25) is 14.4 Å². The number of aromatic amines is 4. The Balaban J connectivity index is 0.000000143. The summed E-state index contributed by atoms with van der Waals surface area (Å²) in [4.78, 5) is 60.8. The van der Waals surface area contributed by atoms with Crippen LogP contribution in [0, 0.1) is 20.8 Å². The van der Waals surface area contributed by atoms with Gasteiger partial charge < -0.3 is 29.9 Å². The SMILES string of the molecule is Cc1ccc(C(=O)c2ccc(C(c3ccccc3)c3ccc[nH]3)[n-]2)cc1.Cc1ccc(C(=O)c2ccc(C(c3ccccc3)c3ccc[nH]3)[n-]2)cc1.Cc1ccc(C(=O)c2ccc(C(c3ccccc3)c3ccc[nH]3)[nH]2)cc1.[Cu+2].